The van der Waals surface area contributed by atoms with E-state index in [4.69, 9.17) is 0 Å². The molecule has 1 amide bonds. The Balaban J connectivity index is 1.80. The van der Waals surface area contributed by atoms with E-state index in [1.165, 1.54) is 29.5 Å². The number of nitrogens with one attached hydrogen (secondary N) is 1. The summed E-state index contributed by atoms with van der Waals surface area (Å²) in [5, 5.41) is 3.00. The number of hydrogen-bond acceptors (Lipinski definition) is 1. The summed E-state index contributed by atoms with van der Waals surface area (Å²) in [5.74, 6) is 0.0386. The van der Waals surface area contributed by atoms with Crippen LogP contribution in [0.15, 0.2) is 42.5 Å². The van der Waals surface area contributed by atoms with Gasteiger partial charge in [-0.1, -0.05) is 63.6 Å². The zero-order valence-electron chi connectivity index (χ0n) is 16.1. The summed E-state index contributed by atoms with van der Waals surface area (Å²) in [7, 11) is 0. The van der Waals surface area contributed by atoms with Gasteiger partial charge < -0.3 is 5.32 Å². The Morgan fingerprint density at radius 3 is 2.16 bits per heavy atom. The molecule has 2 nitrogen and oxygen atoms in total. The van der Waals surface area contributed by atoms with Gasteiger partial charge in [0.2, 0.25) is 5.91 Å². The zero-order valence-corrected chi connectivity index (χ0v) is 16.1. The van der Waals surface area contributed by atoms with Gasteiger partial charge in [0.25, 0.3) is 0 Å². The lowest BCUT2D eigenvalue weighted by Gasteiger charge is -2.42. The van der Waals surface area contributed by atoms with Crippen LogP contribution in [0.2, 0.25) is 0 Å². The third-order valence-corrected chi connectivity index (χ3v) is 5.62. The van der Waals surface area contributed by atoms with Crippen molar-refractivity contribution in [2.45, 2.75) is 64.7 Å². The number of carbonyl (C=O) groups excluding carboxylic acids is 1. The van der Waals surface area contributed by atoms with Crippen molar-refractivity contribution >= 4 is 11.6 Å². The standard InChI is InChI=1S/C23H29NO/c1-16-6-9-18(10-7-16)24-21(25)15-17-8-11-19-20(14-17)23(4,5)13-12-22(19,2)3/h6-11,14H,12-13,15H2,1-5H3,(H,24,25). The van der Waals surface area contributed by atoms with Gasteiger partial charge in [0.05, 0.1) is 6.42 Å². The van der Waals surface area contributed by atoms with Crippen LogP contribution in [-0.4, -0.2) is 5.91 Å². The molecule has 25 heavy (non-hydrogen) atoms. The molecule has 2 aromatic rings. The van der Waals surface area contributed by atoms with E-state index in [0.29, 0.717) is 6.42 Å². The Labute approximate surface area is 151 Å². The molecule has 0 saturated carbocycles. The van der Waals surface area contributed by atoms with Crippen LogP contribution in [0.3, 0.4) is 0 Å². The highest BCUT2D eigenvalue weighted by Crippen LogP contribution is 2.45. The van der Waals surface area contributed by atoms with Crippen molar-refractivity contribution in [1.29, 1.82) is 0 Å². The topological polar surface area (TPSA) is 29.1 Å². The average Bonchev–Trinajstić information content (AvgIpc) is 2.54. The van der Waals surface area contributed by atoms with E-state index in [2.05, 4.69) is 51.2 Å². The minimum Gasteiger partial charge on any atom is -0.326 e. The molecule has 132 valence electrons. The average molecular weight is 335 g/mol. The Kier molecular flexibility index (Phi) is 4.49. The lowest BCUT2D eigenvalue weighted by Crippen LogP contribution is -2.34. The first-order valence-electron chi connectivity index (χ1n) is 9.18. The molecule has 0 unspecified atom stereocenters. The van der Waals surface area contributed by atoms with E-state index in [-0.39, 0.29) is 16.7 Å². The molecule has 1 aliphatic rings. The SMILES string of the molecule is Cc1ccc(NC(=O)Cc2ccc3c(c2)C(C)(C)CCC3(C)C)cc1. The molecule has 2 aromatic carbocycles. The van der Waals surface area contributed by atoms with E-state index in [9.17, 15) is 4.79 Å². The van der Waals surface area contributed by atoms with Gasteiger partial charge in [0, 0.05) is 5.69 Å². The van der Waals surface area contributed by atoms with Gasteiger partial charge in [-0.05, 0) is 59.4 Å². The van der Waals surface area contributed by atoms with E-state index in [1.807, 2.05) is 31.2 Å². The van der Waals surface area contributed by atoms with Gasteiger partial charge in [-0.3, -0.25) is 4.79 Å². The monoisotopic (exact) mass is 335 g/mol. The number of carbonyl (C=O) groups is 1. The van der Waals surface area contributed by atoms with Crippen LogP contribution in [0.5, 0.6) is 0 Å². The first-order chi connectivity index (χ1) is 11.7. The summed E-state index contributed by atoms with van der Waals surface area (Å²) in [6.07, 6.45) is 2.81. The van der Waals surface area contributed by atoms with Crippen molar-refractivity contribution in [1.82, 2.24) is 0 Å². The van der Waals surface area contributed by atoms with Gasteiger partial charge in [0.15, 0.2) is 0 Å². The van der Waals surface area contributed by atoms with Crippen LogP contribution in [0.1, 0.15) is 62.8 Å². The minimum atomic E-state index is 0.0386. The van der Waals surface area contributed by atoms with Gasteiger partial charge >= 0.3 is 0 Å². The summed E-state index contributed by atoms with van der Waals surface area (Å²) < 4.78 is 0. The largest absolute Gasteiger partial charge is 0.326 e. The van der Waals surface area contributed by atoms with E-state index in [0.717, 1.165) is 11.3 Å². The Morgan fingerprint density at radius 2 is 1.52 bits per heavy atom. The fourth-order valence-corrected chi connectivity index (χ4v) is 3.77. The first-order valence-corrected chi connectivity index (χ1v) is 9.18. The zero-order chi connectivity index (χ0) is 18.2. The van der Waals surface area contributed by atoms with Gasteiger partial charge in [-0.15, -0.1) is 0 Å². The van der Waals surface area contributed by atoms with Crippen molar-refractivity contribution in [3.63, 3.8) is 0 Å². The van der Waals surface area contributed by atoms with Crippen LogP contribution in [0.25, 0.3) is 0 Å². The van der Waals surface area contributed by atoms with Gasteiger partial charge in [-0.2, -0.15) is 0 Å². The second kappa shape index (κ2) is 6.33. The normalized spacial score (nSPS) is 17.6. The molecular weight excluding hydrogens is 306 g/mol. The number of fused-ring (bicyclic) bond motifs is 1. The Bertz CT molecular complexity index is 784. The molecule has 0 heterocycles. The molecule has 0 spiro atoms. The third-order valence-electron chi connectivity index (χ3n) is 5.62. The highest BCUT2D eigenvalue weighted by atomic mass is 16.1. The van der Waals surface area contributed by atoms with Crippen LogP contribution in [0, 0.1) is 6.92 Å². The van der Waals surface area contributed by atoms with Crippen molar-refractivity contribution < 1.29 is 4.79 Å². The molecule has 0 fully saturated rings. The molecule has 0 aliphatic heterocycles. The van der Waals surface area contributed by atoms with Gasteiger partial charge in [-0.25, -0.2) is 0 Å². The van der Waals surface area contributed by atoms with Crippen molar-refractivity contribution in [3.05, 3.63) is 64.7 Å². The van der Waals surface area contributed by atoms with Gasteiger partial charge in [0.1, 0.15) is 0 Å². The number of aryl methyl sites for hydroxylation is 1. The molecule has 0 aromatic heterocycles. The smallest absolute Gasteiger partial charge is 0.228 e. The molecule has 1 N–H and O–H groups in total. The number of rotatable bonds is 3. The molecule has 0 atom stereocenters. The maximum Gasteiger partial charge on any atom is 0.228 e. The quantitative estimate of drug-likeness (QED) is 0.785. The highest BCUT2D eigenvalue weighted by molar-refractivity contribution is 5.92. The summed E-state index contributed by atoms with van der Waals surface area (Å²) in [4.78, 5) is 12.4. The predicted octanol–water partition coefficient (Wildman–Crippen LogP) is 5.53. The molecular formula is C23H29NO. The Hall–Kier alpha value is -2.09. The lowest BCUT2D eigenvalue weighted by atomic mass is 9.63. The second-order valence-electron chi connectivity index (χ2n) is 8.74. The molecule has 0 bridgehead atoms. The third kappa shape index (κ3) is 3.78. The Morgan fingerprint density at radius 1 is 0.920 bits per heavy atom. The number of hydrogen-bond donors (Lipinski definition) is 1. The fourth-order valence-electron chi connectivity index (χ4n) is 3.77. The van der Waals surface area contributed by atoms with Crippen molar-refractivity contribution in [2.24, 2.45) is 0 Å². The van der Waals surface area contributed by atoms with E-state index in [1.54, 1.807) is 0 Å². The predicted molar refractivity (Wildman–Crippen MR) is 105 cm³/mol. The van der Waals surface area contributed by atoms with Crippen LogP contribution >= 0.6 is 0 Å². The number of anilines is 1. The minimum absolute atomic E-state index is 0.0386. The maximum atomic E-state index is 12.4. The second-order valence-corrected chi connectivity index (χ2v) is 8.74. The summed E-state index contributed by atoms with van der Waals surface area (Å²) in [6.45, 7) is 11.3. The number of amides is 1. The highest BCUT2D eigenvalue weighted by Gasteiger charge is 2.36. The molecule has 0 saturated heterocycles. The van der Waals surface area contributed by atoms with E-state index >= 15 is 0 Å². The maximum absolute atomic E-state index is 12.4. The van der Waals surface area contributed by atoms with E-state index < -0.39 is 0 Å². The molecule has 2 heteroatoms. The van der Waals surface area contributed by atoms with Crippen LogP contribution in [0.4, 0.5) is 5.69 Å². The van der Waals surface area contributed by atoms with Crippen LogP contribution < -0.4 is 5.32 Å². The summed E-state index contributed by atoms with van der Waals surface area (Å²) >= 11 is 0. The number of benzene rings is 2. The molecule has 0 radical (unpaired) electrons. The van der Waals surface area contributed by atoms with Crippen LogP contribution in [-0.2, 0) is 22.0 Å². The summed E-state index contributed by atoms with van der Waals surface area (Å²) in [6, 6.07) is 14.5. The van der Waals surface area contributed by atoms with Crippen molar-refractivity contribution in [3.8, 4) is 0 Å². The summed E-state index contributed by atoms with van der Waals surface area (Å²) in [5.41, 5.74) is 6.37. The molecule has 3 rings (SSSR count). The fraction of sp³-hybridized carbons (Fsp3) is 0.435. The van der Waals surface area contributed by atoms with Crippen molar-refractivity contribution in [2.75, 3.05) is 5.32 Å². The first kappa shape index (κ1) is 17.7. The molecule has 1 aliphatic carbocycles. The lowest BCUT2D eigenvalue weighted by molar-refractivity contribution is -0.115.